The Morgan fingerprint density at radius 3 is 2.88 bits per heavy atom. The zero-order valence-corrected chi connectivity index (χ0v) is 12.1. The van der Waals surface area contributed by atoms with E-state index in [9.17, 15) is 0 Å². The van der Waals surface area contributed by atoms with Crippen LogP contribution >= 0.6 is 27.5 Å². The molecule has 0 aliphatic carbocycles. The maximum absolute atomic E-state index is 8.92. The second kappa shape index (κ2) is 8.06. The van der Waals surface area contributed by atoms with Gasteiger partial charge in [0.25, 0.3) is 0 Å². The number of aliphatic hydroxyl groups is 1. The third kappa shape index (κ3) is 5.36. The van der Waals surface area contributed by atoms with Crippen LogP contribution in [0.2, 0.25) is 5.02 Å². The molecular formula is C12H17BrClNO2. The van der Waals surface area contributed by atoms with Gasteiger partial charge in [-0.05, 0) is 40.0 Å². The summed E-state index contributed by atoms with van der Waals surface area (Å²) in [7, 11) is 1.66. The molecule has 0 aliphatic rings. The molecule has 0 amide bonds. The second-order valence-electron chi connectivity index (χ2n) is 3.79. The zero-order chi connectivity index (χ0) is 12.7. The summed E-state index contributed by atoms with van der Waals surface area (Å²) in [6.45, 7) is 1.48. The normalized spacial score (nSPS) is 12.7. The van der Waals surface area contributed by atoms with Gasteiger partial charge in [-0.25, -0.2) is 0 Å². The molecule has 0 fully saturated rings. The molecule has 17 heavy (non-hydrogen) atoms. The van der Waals surface area contributed by atoms with E-state index in [1.807, 2.05) is 18.2 Å². The quantitative estimate of drug-likeness (QED) is 0.811. The average Bonchev–Trinajstić information content (AvgIpc) is 2.31. The van der Waals surface area contributed by atoms with E-state index in [0.717, 1.165) is 16.6 Å². The van der Waals surface area contributed by atoms with Gasteiger partial charge in [0, 0.05) is 30.8 Å². The fraction of sp³-hybridized carbons (Fsp3) is 0.500. The van der Waals surface area contributed by atoms with Crippen molar-refractivity contribution in [1.29, 1.82) is 0 Å². The molecule has 5 heteroatoms. The van der Waals surface area contributed by atoms with E-state index in [4.69, 9.17) is 21.4 Å². The molecule has 1 aromatic carbocycles. The first-order valence-electron chi connectivity index (χ1n) is 5.44. The van der Waals surface area contributed by atoms with E-state index in [2.05, 4.69) is 21.2 Å². The summed E-state index contributed by atoms with van der Waals surface area (Å²) in [5.41, 5.74) is 1.14. The van der Waals surface area contributed by atoms with Crippen molar-refractivity contribution in [2.24, 2.45) is 0 Å². The predicted octanol–water partition coefficient (Wildman–Crippen LogP) is 2.59. The molecular weight excluding hydrogens is 305 g/mol. The minimum atomic E-state index is 0.158. The van der Waals surface area contributed by atoms with Crippen molar-refractivity contribution in [3.05, 3.63) is 33.3 Å². The molecule has 0 bridgehead atoms. The van der Waals surface area contributed by atoms with Crippen LogP contribution in [0.5, 0.6) is 0 Å². The summed E-state index contributed by atoms with van der Waals surface area (Å²) in [6, 6.07) is 5.99. The van der Waals surface area contributed by atoms with Gasteiger partial charge < -0.3 is 15.2 Å². The minimum absolute atomic E-state index is 0.158. The number of nitrogens with one attached hydrogen (secondary N) is 1. The summed E-state index contributed by atoms with van der Waals surface area (Å²) in [4.78, 5) is 0. The van der Waals surface area contributed by atoms with Crippen molar-refractivity contribution in [2.45, 2.75) is 19.0 Å². The highest BCUT2D eigenvalue weighted by molar-refractivity contribution is 9.10. The average molecular weight is 323 g/mol. The Bertz CT molecular complexity index is 343. The number of methoxy groups -OCH3 is 1. The molecule has 0 aliphatic heterocycles. The Morgan fingerprint density at radius 1 is 1.53 bits per heavy atom. The SMILES string of the molecule is COCC(CCO)NCc1ccc(Cl)c(Br)c1. The first-order valence-corrected chi connectivity index (χ1v) is 6.61. The number of halogens is 2. The fourth-order valence-corrected chi connectivity index (χ4v) is 2.06. The Labute approximate surface area is 115 Å². The molecule has 0 spiro atoms. The second-order valence-corrected chi connectivity index (χ2v) is 5.06. The molecule has 1 unspecified atom stereocenters. The van der Waals surface area contributed by atoms with Crippen LogP contribution in [0.15, 0.2) is 22.7 Å². The lowest BCUT2D eigenvalue weighted by Crippen LogP contribution is -2.33. The third-order valence-electron chi connectivity index (χ3n) is 2.42. The first kappa shape index (κ1) is 14.9. The maximum Gasteiger partial charge on any atom is 0.0616 e. The van der Waals surface area contributed by atoms with Crippen LogP contribution in [-0.4, -0.2) is 31.5 Å². The lowest BCUT2D eigenvalue weighted by Gasteiger charge is -2.17. The van der Waals surface area contributed by atoms with E-state index >= 15 is 0 Å². The molecule has 0 saturated carbocycles. The van der Waals surface area contributed by atoms with Crippen LogP contribution in [0.1, 0.15) is 12.0 Å². The number of ether oxygens (including phenoxy) is 1. The zero-order valence-electron chi connectivity index (χ0n) is 9.75. The van der Waals surface area contributed by atoms with Crippen LogP contribution in [-0.2, 0) is 11.3 Å². The van der Waals surface area contributed by atoms with Gasteiger partial charge in [0.1, 0.15) is 0 Å². The van der Waals surface area contributed by atoms with Gasteiger partial charge >= 0.3 is 0 Å². The van der Waals surface area contributed by atoms with Crippen molar-refractivity contribution in [1.82, 2.24) is 5.32 Å². The van der Waals surface area contributed by atoms with Gasteiger partial charge in [0.05, 0.1) is 11.6 Å². The monoisotopic (exact) mass is 321 g/mol. The molecule has 2 N–H and O–H groups in total. The topological polar surface area (TPSA) is 41.5 Å². The van der Waals surface area contributed by atoms with Crippen LogP contribution in [0.3, 0.4) is 0 Å². The molecule has 1 aromatic rings. The largest absolute Gasteiger partial charge is 0.396 e. The van der Waals surface area contributed by atoms with Crippen LogP contribution < -0.4 is 5.32 Å². The predicted molar refractivity (Wildman–Crippen MR) is 73.4 cm³/mol. The maximum atomic E-state index is 8.92. The number of hydrogen-bond acceptors (Lipinski definition) is 3. The van der Waals surface area contributed by atoms with E-state index in [1.165, 1.54) is 0 Å². The number of aliphatic hydroxyl groups excluding tert-OH is 1. The van der Waals surface area contributed by atoms with Crippen LogP contribution in [0.4, 0.5) is 0 Å². The van der Waals surface area contributed by atoms with Gasteiger partial charge in [0.15, 0.2) is 0 Å². The lowest BCUT2D eigenvalue weighted by molar-refractivity contribution is 0.148. The highest BCUT2D eigenvalue weighted by Gasteiger charge is 2.07. The van der Waals surface area contributed by atoms with Gasteiger partial charge in [-0.2, -0.15) is 0 Å². The Hall–Kier alpha value is -0.130. The Morgan fingerprint density at radius 2 is 2.29 bits per heavy atom. The molecule has 0 saturated heterocycles. The Balaban J connectivity index is 2.49. The van der Waals surface area contributed by atoms with E-state index in [1.54, 1.807) is 7.11 Å². The molecule has 1 atom stereocenters. The summed E-state index contributed by atoms with van der Waals surface area (Å²) in [5.74, 6) is 0. The minimum Gasteiger partial charge on any atom is -0.396 e. The van der Waals surface area contributed by atoms with Crippen molar-refractivity contribution in [3.63, 3.8) is 0 Å². The molecule has 0 radical (unpaired) electrons. The number of rotatable bonds is 7. The van der Waals surface area contributed by atoms with E-state index in [0.29, 0.717) is 18.1 Å². The third-order valence-corrected chi connectivity index (χ3v) is 3.64. The first-order chi connectivity index (χ1) is 8.17. The standard InChI is InChI=1S/C12H17BrClNO2/c1-17-8-10(4-5-16)15-7-9-2-3-12(14)11(13)6-9/h2-3,6,10,15-16H,4-5,7-8H2,1H3. The lowest BCUT2D eigenvalue weighted by atomic mass is 10.2. The molecule has 0 heterocycles. The molecule has 0 aromatic heterocycles. The van der Waals surface area contributed by atoms with Crippen LogP contribution in [0.25, 0.3) is 0 Å². The van der Waals surface area contributed by atoms with E-state index < -0.39 is 0 Å². The summed E-state index contributed by atoms with van der Waals surface area (Å²) < 4.78 is 5.98. The molecule has 96 valence electrons. The number of benzene rings is 1. The Kier molecular flexibility index (Phi) is 7.08. The van der Waals surface area contributed by atoms with Crippen molar-refractivity contribution < 1.29 is 9.84 Å². The van der Waals surface area contributed by atoms with Gasteiger partial charge in [-0.3, -0.25) is 0 Å². The molecule has 1 rings (SSSR count). The number of hydrogen-bond donors (Lipinski definition) is 2. The summed E-state index contributed by atoms with van der Waals surface area (Å²) in [5, 5.41) is 13.0. The summed E-state index contributed by atoms with van der Waals surface area (Å²) in [6.07, 6.45) is 0.683. The summed E-state index contributed by atoms with van der Waals surface area (Å²) >= 11 is 9.31. The van der Waals surface area contributed by atoms with Gasteiger partial charge in [-0.1, -0.05) is 17.7 Å². The van der Waals surface area contributed by atoms with Crippen molar-refractivity contribution >= 4 is 27.5 Å². The van der Waals surface area contributed by atoms with Gasteiger partial charge in [0.2, 0.25) is 0 Å². The van der Waals surface area contributed by atoms with Crippen LogP contribution in [0, 0.1) is 0 Å². The van der Waals surface area contributed by atoms with Crippen molar-refractivity contribution in [2.75, 3.05) is 20.3 Å². The fourth-order valence-electron chi connectivity index (χ4n) is 1.51. The molecule has 3 nitrogen and oxygen atoms in total. The highest BCUT2D eigenvalue weighted by Crippen LogP contribution is 2.23. The smallest absolute Gasteiger partial charge is 0.0616 e. The van der Waals surface area contributed by atoms with E-state index in [-0.39, 0.29) is 12.6 Å². The van der Waals surface area contributed by atoms with Crippen molar-refractivity contribution in [3.8, 4) is 0 Å². The van der Waals surface area contributed by atoms with Gasteiger partial charge in [-0.15, -0.1) is 0 Å². The highest BCUT2D eigenvalue weighted by atomic mass is 79.9.